The Labute approximate surface area is 131 Å². The monoisotopic (exact) mass is 301 g/mol. The fourth-order valence-corrected chi connectivity index (χ4v) is 2.26. The molecule has 4 nitrogen and oxygen atoms in total. The summed E-state index contributed by atoms with van der Waals surface area (Å²) >= 11 is 0. The van der Waals surface area contributed by atoms with Gasteiger partial charge in [-0.05, 0) is 31.9 Å². The van der Waals surface area contributed by atoms with Crippen molar-refractivity contribution in [1.82, 2.24) is 4.90 Å². The zero-order valence-electron chi connectivity index (χ0n) is 13.4. The lowest BCUT2D eigenvalue weighted by atomic mass is 10.0. The van der Waals surface area contributed by atoms with E-state index in [1.165, 1.54) is 6.26 Å². The summed E-state index contributed by atoms with van der Waals surface area (Å²) in [5.74, 6) is 0.142. The van der Waals surface area contributed by atoms with Crippen LogP contribution in [0, 0.1) is 6.92 Å². The third-order valence-corrected chi connectivity index (χ3v) is 3.85. The molecule has 1 amide bonds. The Morgan fingerprint density at radius 3 is 2.50 bits per heavy atom. The first-order valence-electron chi connectivity index (χ1n) is 7.52. The molecule has 1 unspecified atom stereocenters. The largest absolute Gasteiger partial charge is 0.459 e. The van der Waals surface area contributed by atoms with Crippen molar-refractivity contribution in [3.05, 3.63) is 59.5 Å². The number of benzene rings is 1. The van der Waals surface area contributed by atoms with Gasteiger partial charge >= 0.3 is 0 Å². The second-order valence-electron chi connectivity index (χ2n) is 5.93. The number of carbonyl (C=O) groups excluding carboxylic acids is 1. The van der Waals surface area contributed by atoms with Crippen LogP contribution in [0.5, 0.6) is 0 Å². The van der Waals surface area contributed by atoms with Crippen LogP contribution < -0.4 is 0 Å². The van der Waals surface area contributed by atoms with Crippen molar-refractivity contribution in [2.45, 2.75) is 39.3 Å². The highest BCUT2D eigenvalue weighted by Gasteiger charge is 2.28. The molecule has 0 aliphatic carbocycles. The number of rotatable bonds is 6. The van der Waals surface area contributed by atoms with Gasteiger partial charge in [0, 0.05) is 18.7 Å². The number of hydrogen-bond acceptors (Lipinski definition) is 3. The zero-order chi connectivity index (χ0) is 16.2. The maximum Gasteiger partial charge on any atom is 0.290 e. The molecule has 1 heterocycles. The minimum atomic E-state index is -0.926. The molecule has 0 saturated carbocycles. The van der Waals surface area contributed by atoms with Crippen molar-refractivity contribution in [3.63, 3.8) is 0 Å². The summed E-state index contributed by atoms with van der Waals surface area (Å²) < 4.78 is 5.32. The summed E-state index contributed by atoms with van der Waals surface area (Å²) in [5.41, 5.74) is 0.899. The number of carbonyl (C=O) groups is 1. The number of aryl methyl sites for hydroxylation is 1. The van der Waals surface area contributed by atoms with Crippen LogP contribution in [0.15, 0.2) is 47.1 Å². The summed E-state index contributed by atoms with van der Waals surface area (Å²) in [6, 6.07) is 11.5. The molecule has 0 aliphatic heterocycles. The van der Waals surface area contributed by atoms with Crippen molar-refractivity contribution in [2.24, 2.45) is 0 Å². The van der Waals surface area contributed by atoms with Crippen molar-refractivity contribution in [2.75, 3.05) is 6.54 Å². The number of furan rings is 1. The minimum Gasteiger partial charge on any atom is -0.459 e. The molecule has 0 radical (unpaired) electrons. The summed E-state index contributed by atoms with van der Waals surface area (Å²) in [5, 5.41) is 10.4. The molecule has 4 heteroatoms. The van der Waals surface area contributed by atoms with E-state index < -0.39 is 5.60 Å². The molecule has 2 rings (SSSR count). The van der Waals surface area contributed by atoms with Gasteiger partial charge in [0.1, 0.15) is 0 Å². The quantitative estimate of drug-likeness (QED) is 0.889. The molecule has 0 saturated heterocycles. The van der Waals surface area contributed by atoms with Gasteiger partial charge in [-0.3, -0.25) is 4.79 Å². The van der Waals surface area contributed by atoms with Crippen LogP contribution in [-0.2, 0) is 6.54 Å². The predicted molar refractivity (Wildman–Crippen MR) is 85.5 cm³/mol. The van der Waals surface area contributed by atoms with Crippen LogP contribution in [0.25, 0.3) is 0 Å². The fraction of sp³-hybridized carbons (Fsp3) is 0.389. The highest BCUT2D eigenvalue weighted by Crippen LogP contribution is 2.19. The van der Waals surface area contributed by atoms with E-state index in [2.05, 4.69) is 0 Å². The summed E-state index contributed by atoms with van der Waals surface area (Å²) in [6.07, 6.45) is 2.09. The molecule has 2 aromatic rings. The molecule has 118 valence electrons. The van der Waals surface area contributed by atoms with E-state index in [1.54, 1.807) is 17.9 Å². The minimum absolute atomic E-state index is 0.194. The lowest BCUT2D eigenvalue weighted by Crippen LogP contribution is -2.43. The molecule has 1 aromatic carbocycles. The van der Waals surface area contributed by atoms with Crippen LogP contribution in [0.3, 0.4) is 0 Å². The van der Waals surface area contributed by atoms with Crippen LogP contribution in [0.1, 0.15) is 41.9 Å². The number of hydrogen-bond donors (Lipinski definition) is 1. The van der Waals surface area contributed by atoms with Gasteiger partial charge in [0.15, 0.2) is 5.76 Å². The Balaban J connectivity index is 2.25. The Morgan fingerprint density at radius 1 is 1.27 bits per heavy atom. The smallest absolute Gasteiger partial charge is 0.290 e. The number of aliphatic hydroxyl groups is 1. The average Bonchev–Trinajstić information content (AvgIpc) is 2.93. The number of amides is 1. The highest BCUT2D eigenvalue weighted by molar-refractivity contribution is 5.92. The third kappa shape index (κ3) is 3.98. The fourth-order valence-electron chi connectivity index (χ4n) is 2.26. The maximum absolute atomic E-state index is 12.7. The standard InChI is InChI=1S/C18H23NO3/c1-4-18(3,21)13-19(12-15-8-6-5-7-9-15)17(20)16-14(2)10-11-22-16/h5-11,21H,4,12-13H2,1-3H3. The van der Waals surface area contributed by atoms with E-state index in [-0.39, 0.29) is 12.5 Å². The van der Waals surface area contributed by atoms with Crippen molar-refractivity contribution >= 4 is 5.91 Å². The van der Waals surface area contributed by atoms with E-state index >= 15 is 0 Å². The van der Waals surface area contributed by atoms with Gasteiger partial charge in [-0.25, -0.2) is 0 Å². The van der Waals surface area contributed by atoms with Crippen LogP contribution in [-0.4, -0.2) is 28.1 Å². The number of nitrogens with zero attached hydrogens (tertiary/aromatic N) is 1. The van der Waals surface area contributed by atoms with Gasteiger partial charge in [-0.15, -0.1) is 0 Å². The second kappa shape index (κ2) is 6.79. The van der Waals surface area contributed by atoms with Gasteiger partial charge < -0.3 is 14.4 Å². The Morgan fingerprint density at radius 2 is 1.95 bits per heavy atom. The molecule has 0 spiro atoms. The predicted octanol–water partition coefficient (Wildman–Crippen LogP) is 3.39. The lowest BCUT2D eigenvalue weighted by molar-refractivity contribution is 0.0122. The van der Waals surface area contributed by atoms with Gasteiger partial charge in [0.05, 0.1) is 11.9 Å². The summed E-state index contributed by atoms with van der Waals surface area (Å²) in [7, 11) is 0. The van der Waals surface area contributed by atoms with E-state index in [0.717, 1.165) is 11.1 Å². The Hall–Kier alpha value is -2.07. The second-order valence-corrected chi connectivity index (χ2v) is 5.93. The van der Waals surface area contributed by atoms with Gasteiger partial charge in [0.2, 0.25) is 0 Å². The highest BCUT2D eigenvalue weighted by atomic mass is 16.3. The summed E-state index contributed by atoms with van der Waals surface area (Å²) in [6.45, 7) is 6.19. The molecule has 0 fully saturated rings. The van der Waals surface area contributed by atoms with E-state index in [0.29, 0.717) is 18.7 Å². The van der Waals surface area contributed by atoms with Gasteiger partial charge in [-0.1, -0.05) is 37.3 Å². The Kier molecular flexibility index (Phi) is 5.03. The van der Waals surface area contributed by atoms with Gasteiger partial charge in [0.25, 0.3) is 5.91 Å². The third-order valence-electron chi connectivity index (χ3n) is 3.85. The van der Waals surface area contributed by atoms with Gasteiger partial charge in [-0.2, -0.15) is 0 Å². The topological polar surface area (TPSA) is 53.7 Å². The molecule has 1 aromatic heterocycles. The van der Waals surface area contributed by atoms with Crippen LogP contribution in [0.4, 0.5) is 0 Å². The van der Waals surface area contributed by atoms with E-state index in [1.807, 2.05) is 44.2 Å². The zero-order valence-corrected chi connectivity index (χ0v) is 13.4. The Bertz CT molecular complexity index is 616. The van der Waals surface area contributed by atoms with Crippen molar-refractivity contribution in [1.29, 1.82) is 0 Å². The first-order chi connectivity index (χ1) is 10.4. The molecule has 0 bridgehead atoms. The van der Waals surface area contributed by atoms with E-state index in [4.69, 9.17) is 4.42 Å². The first-order valence-corrected chi connectivity index (χ1v) is 7.52. The van der Waals surface area contributed by atoms with E-state index in [9.17, 15) is 9.90 Å². The lowest BCUT2D eigenvalue weighted by Gasteiger charge is -2.30. The first kappa shape index (κ1) is 16.3. The summed E-state index contributed by atoms with van der Waals surface area (Å²) in [4.78, 5) is 14.4. The average molecular weight is 301 g/mol. The maximum atomic E-state index is 12.7. The molecular weight excluding hydrogens is 278 g/mol. The SMILES string of the molecule is CCC(C)(O)CN(Cc1ccccc1)C(=O)c1occc1C. The van der Waals surface area contributed by atoms with Crippen molar-refractivity contribution in [3.8, 4) is 0 Å². The molecule has 1 N–H and O–H groups in total. The molecule has 1 atom stereocenters. The van der Waals surface area contributed by atoms with Crippen molar-refractivity contribution < 1.29 is 14.3 Å². The normalized spacial score (nSPS) is 13.6. The molecule has 22 heavy (non-hydrogen) atoms. The molecular formula is C18H23NO3. The molecule has 0 aliphatic rings. The van der Waals surface area contributed by atoms with Crippen LogP contribution >= 0.6 is 0 Å². The van der Waals surface area contributed by atoms with Crippen LogP contribution in [0.2, 0.25) is 0 Å².